The minimum atomic E-state index is -0.586. The summed E-state index contributed by atoms with van der Waals surface area (Å²) in [6, 6.07) is 56.7. The van der Waals surface area contributed by atoms with Gasteiger partial charge in [-0.2, -0.15) is 5.10 Å². The van der Waals surface area contributed by atoms with Gasteiger partial charge in [0.05, 0.1) is 73.2 Å². The van der Waals surface area contributed by atoms with Gasteiger partial charge in [0.15, 0.2) is 29.1 Å². The van der Waals surface area contributed by atoms with E-state index in [1.165, 1.54) is 66.1 Å². The van der Waals surface area contributed by atoms with Crippen LogP contribution < -0.4 is 50.2 Å². The lowest BCUT2D eigenvalue weighted by molar-refractivity contribution is 0.615. The number of nitrogen functional groups attached to an aromatic ring is 5. The van der Waals surface area contributed by atoms with E-state index in [0.717, 1.165) is 96.3 Å². The molecule has 126 heavy (non-hydrogen) atoms. The van der Waals surface area contributed by atoms with Crippen LogP contribution >= 0.6 is 23.2 Å². The summed E-state index contributed by atoms with van der Waals surface area (Å²) >= 11 is 12.7. The molecular formula is C94H75Cl2F3N24O3. The summed E-state index contributed by atoms with van der Waals surface area (Å²) in [4.78, 5) is 99.0. The number of anilines is 6. The van der Waals surface area contributed by atoms with Gasteiger partial charge in [0.2, 0.25) is 0 Å². The van der Waals surface area contributed by atoms with Gasteiger partial charge in [-0.05, 0) is 183 Å². The molecule has 0 saturated carbocycles. The Bertz CT molecular complexity index is 7560. The third-order valence-corrected chi connectivity index (χ3v) is 21.3. The molecule has 27 nitrogen and oxygen atoms in total. The number of nitrogens with one attached hydrogen (secondary N) is 3. The van der Waals surface area contributed by atoms with Crippen molar-refractivity contribution in [2.45, 2.75) is 40.2 Å². The first kappa shape index (κ1) is 83.4. The van der Waals surface area contributed by atoms with Gasteiger partial charge < -0.3 is 53.1 Å². The topological polar surface area (TPSA) is 409 Å². The average molecular weight is 1720 g/mol. The Hall–Kier alpha value is -16.2. The van der Waals surface area contributed by atoms with Crippen molar-refractivity contribution in [3.63, 3.8) is 0 Å². The SMILES string of the molecule is CC1CN(c2ncc(N)nc2-c2ccccc2)Cc2cccnc21.Cc1ccn(-c2nc(N)c(=O)[nH]c2-c2cc(Cl)c3nccc(C)c3c2)c1.Cc1ccnc2ccc(-c3[nH]c(=O)c(N)nc3-c3ccc(F)cc3)cc12.Cn1ccc(-c2nc(N)cnc2-c2ccc3nccc(Cl)c3c2)n1.Nc1nc(-c2ccc(F)cc2)c(-c2cc(F)c3ncccc3c2)[nH]c1=O. The Morgan fingerprint density at radius 1 is 0.437 bits per heavy atom. The molecule has 20 rings (SSSR count). The van der Waals surface area contributed by atoms with Crippen molar-refractivity contribution in [1.29, 1.82) is 0 Å². The van der Waals surface area contributed by atoms with Crippen LogP contribution in [0.3, 0.4) is 0 Å². The summed E-state index contributed by atoms with van der Waals surface area (Å²) in [6.07, 6.45) is 17.3. The van der Waals surface area contributed by atoms with E-state index in [2.05, 4.69) is 97.7 Å². The second-order valence-electron chi connectivity index (χ2n) is 29.5. The second-order valence-corrected chi connectivity index (χ2v) is 30.4. The Labute approximate surface area is 725 Å². The molecule has 0 amide bonds. The van der Waals surface area contributed by atoms with Crippen molar-refractivity contribution in [2.24, 2.45) is 7.05 Å². The van der Waals surface area contributed by atoms with Gasteiger partial charge in [-0.15, -0.1) is 0 Å². The summed E-state index contributed by atoms with van der Waals surface area (Å²) < 4.78 is 44.5. The fourth-order valence-electron chi connectivity index (χ4n) is 14.6. The number of aryl methyl sites for hydroxylation is 4. The number of hydrogen-bond donors (Lipinski definition) is 8. The molecule has 19 aromatic rings. The number of H-pyrrole nitrogens is 3. The fraction of sp³-hybridized carbons (Fsp3) is 0.0851. The van der Waals surface area contributed by atoms with Crippen molar-refractivity contribution in [3.05, 3.63) is 343 Å². The van der Waals surface area contributed by atoms with Gasteiger partial charge in [-0.1, -0.05) is 84.7 Å². The largest absolute Gasteiger partial charge is 0.382 e. The molecule has 1 unspecified atom stereocenters. The predicted molar refractivity (Wildman–Crippen MR) is 489 cm³/mol. The van der Waals surface area contributed by atoms with Crippen LogP contribution in [0, 0.1) is 38.2 Å². The summed E-state index contributed by atoms with van der Waals surface area (Å²) in [6.45, 7) is 9.81. The minimum absolute atomic E-state index is 0.0835. The third kappa shape index (κ3) is 17.9. The Kier molecular flexibility index (Phi) is 23.7. The first-order valence-corrected chi connectivity index (χ1v) is 39.9. The van der Waals surface area contributed by atoms with Crippen LogP contribution in [0.1, 0.15) is 40.8 Å². The van der Waals surface area contributed by atoms with Crippen molar-refractivity contribution < 1.29 is 13.2 Å². The third-order valence-electron chi connectivity index (χ3n) is 20.7. The van der Waals surface area contributed by atoms with E-state index in [1.54, 1.807) is 71.9 Å². The molecular weight excluding hydrogens is 1640 g/mol. The van der Waals surface area contributed by atoms with Crippen LogP contribution in [0.2, 0.25) is 10.0 Å². The molecule has 0 fully saturated rings. The van der Waals surface area contributed by atoms with Crippen LogP contribution in [0.4, 0.5) is 48.1 Å². The highest BCUT2D eigenvalue weighted by molar-refractivity contribution is 6.36. The number of rotatable bonds is 10. The molecule has 0 radical (unpaired) electrons. The second kappa shape index (κ2) is 35.8. The number of aromatic nitrogens is 18. The van der Waals surface area contributed by atoms with E-state index in [9.17, 15) is 27.6 Å². The van der Waals surface area contributed by atoms with Gasteiger partial charge in [0.1, 0.15) is 51.7 Å². The zero-order valence-corrected chi connectivity index (χ0v) is 69.4. The minimum Gasteiger partial charge on any atom is -0.382 e. The zero-order valence-electron chi connectivity index (χ0n) is 67.9. The maximum atomic E-state index is 14.5. The van der Waals surface area contributed by atoms with Crippen LogP contribution in [-0.4, -0.2) is 95.7 Å². The molecule has 0 bridgehead atoms. The maximum Gasteiger partial charge on any atom is 0.291 e. The number of fused-ring (bicyclic) bond motifs is 5. The molecule has 13 heterocycles. The van der Waals surface area contributed by atoms with E-state index < -0.39 is 28.3 Å². The number of nitrogens with two attached hydrogens (primary N) is 5. The standard InChI is InChI=1S/C20H15FN4O.C19H16ClN5O.C19H12F2N4O.C19H19N5.C17H13ClN6/c1-11-8-9-23-16-7-4-13(10-15(11)16)18-17(24-19(22)20(26)25-18)12-2-5-14(21)6-3-12;1-10-4-6-25(9-10)18-15(23-19(26)17(21)24-18)12-7-13-11(2)3-5-22-16(13)14(20)8-12;20-13-5-3-10(4-6-13)16-17(25-19(26)18(22)24-16)12-8-11-2-1-7-23-15(11)14(21)9-12;1-13-11-24(12-15-8-5-9-21-17(13)15)19-18(23-16(20)10-22-19)14-6-3-2-4-7-14;1-24-7-5-14(23-24)17-16(21-9-15(19)22-17)10-2-3-13-11(8-10)12(18)4-6-20-13/h2-10H,1H3,(H2,22,24)(H,25,26);3-9H,1-2H3,(H2,21,24)(H,23,26);1-9H,(H2,22,24)(H,25,26);2-10,13H,11-12H2,1H3,(H2,20,23);2-9H,1H3,(H2,19,22). The molecule has 7 aromatic carbocycles. The summed E-state index contributed by atoms with van der Waals surface area (Å²) in [5, 5.41) is 8.90. The molecule has 32 heteroatoms. The van der Waals surface area contributed by atoms with Gasteiger partial charge in [0.25, 0.3) is 16.7 Å². The lowest BCUT2D eigenvalue weighted by Crippen LogP contribution is -2.34. The van der Waals surface area contributed by atoms with E-state index in [4.69, 9.17) is 51.9 Å². The Morgan fingerprint density at radius 3 is 1.66 bits per heavy atom. The van der Waals surface area contributed by atoms with Gasteiger partial charge >= 0.3 is 0 Å². The molecule has 13 N–H and O–H groups in total. The lowest BCUT2D eigenvalue weighted by Gasteiger charge is -2.33. The normalized spacial score (nSPS) is 12.1. The number of nitrogens with zero attached hydrogens (tertiary/aromatic N) is 16. The Morgan fingerprint density at radius 2 is 0.992 bits per heavy atom. The summed E-state index contributed by atoms with van der Waals surface area (Å²) in [7, 11) is 1.85. The van der Waals surface area contributed by atoms with Crippen molar-refractivity contribution in [2.75, 3.05) is 40.1 Å². The van der Waals surface area contributed by atoms with Gasteiger partial charge in [-0.3, -0.25) is 49.0 Å². The smallest absolute Gasteiger partial charge is 0.291 e. The monoisotopic (exact) mass is 1710 g/mol. The van der Waals surface area contributed by atoms with Crippen LogP contribution in [0.25, 0.3) is 140 Å². The number of halogens is 5. The summed E-state index contributed by atoms with van der Waals surface area (Å²) in [5.74, 6) is 0.811. The molecule has 1 atom stereocenters. The van der Waals surface area contributed by atoms with E-state index in [1.807, 2.05) is 160 Å². The number of pyridine rings is 5. The maximum absolute atomic E-state index is 14.5. The van der Waals surface area contributed by atoms with E-state index in [-0.39, 0.29) is 28.8 Å². The highest BCUT2D eigenvalue weighted by Crippen LogP contribution is 2.39. The van der Waals surface area contributed by atoms with Crippen LogP contribution in [-0.2, 0) is 13.6 Å². The molecule has 1 aliphatic rings. The highest BCUT2D eigenvalue weighted by atomic mass is 35.5. The highest BCUT2D eigenvalue weighted by Gasteiger charge is 2.28. The molecule has 0 saturated heterocycles. The van der Waals surface area contributed by atoms with Crippen molar-refractivity contribution >= 4 is 102 Å². The molecule has 0 spiro atoms. The number of aromatic amines is 3. The van der Waals surface area contributed by atoms with Crippen molar-refractivity contribution in [3.8, 4) is 96.0 Å². The average Bonchev–Trinajstić information content (AvgIpc) is 1.27. The molecule has 1 aliphatic heterocycles. The quantitative estimate of drug-likeness (QED) is 0.0630. The molecule has 624 valence electrons. The summed E-state index contributed by atoms with van der Waals surface area (Å²) in [5.41, 5.74) is 45.7. The van der Waals surface area contributed by atoms with Crippen molar-refractivity contribution in [1.82, 2.24) is 89.1 Å². The fourth-order valence-corrected chi connectivity index (χ4v) is 15.0. The van der Waals surface area contributed by atoms with Crippen LogP contribution in [0.5, 0.6) is 0 Å². The van der Waals surface area contributed by atoms with E-state index >= 15 is 0 Å². The van der Waals surface area contributed by atoms with E-state index in [0.29, 0.717) is 101 Å². The molecule has 12 aromatic heterocycles. The molecule has 0 aliphatic carbocycles. The predicted octanol–water partition coefficient (Wildman–Crippen LogP) is 17.4. The lowest BCUT2D eigenvalue weighted by atomic mass is 9.96. The first-order chi connectivity index (χ1) is 60.8. The zero-order chi connectivity index (χ0) is 88.1. The number of hydrogen-bond acceptors (Lipinski definition) is 22. The van der Waals surface area contributed by atoms with Gasteiger partial charge in [-0.25, -0.2) is 43.1 Å². The Balaban J connectivity index is 0.000000116. The first-order valence-electron chi connectivity index (χ1n) is 39.2. The van der Waals surface area contributed by atoms with Crippen LogP contribution in [0.15, 0.2) is 270 Å². The van der Waals surface area contributed by atoms with Gasteiger partial charge in [0, 0.05) is 142 Å². The number of benzene rings is 7.